The Hall–Kier alpha value is -3.67. The van der Waals surface area contributed by atoms with Crippen molar-refractivity contribution in [3.8, 4) is 11.1 Å². The number of halogens is 1. The fraction of sp³-hybridized carbons (Fsp3) is 0.200. The van der Waals surface area contributed by atoms with Crippen molar-refractivity contribution in [3.63, 3.8) is 0 Å². The number of pyridine rings is 1. The molecule has 158 valence electrons. The van der Waals surface area contributed by atoms with E-state index in [0.717, 1.165) is 5.56 Å². The number of aromatic amines is 1. The Morgan fingerprint density at radius 3 is 2.48 bits per heavy atom. The first-order chi connectivity index (χ1) is 14.7. The molecule has 0 unspecified atom stereocenters. The summed E-state index contributed by atoms with van der Waals surface area (Å²) >= 11 is 0. The number of H-pyrrole nitrogens is 1. The summed E-state index contributed by atoms with van der Waals surface area (Å²) in [4.78, 5) is 27.7. The van der Waals surface area contributed by atoms with E-state index in [1.807, 2.05) is 18.2 Å². The molecule has 2 aromatic carbocycles. The van der Waals surface area contributed by atoms with Crippen LogP contribution in [0, 0.1) is 5.82 Å². The molecule has 0 saturated heterocycles. The van der Waals surface area contributed by atoms with Gasteiger partial charge >= 0.3 is 5.97 Å². The van der Waals surface area contributed by atoms with Crippen LogP contribution in [0.1, 0.15) is 42.4 Å². The first kappa shape index (κ1) is 20.6. The molecule has 5 nitrogen and oxygen atoms in total. The van der Waals surface area contributed by atoms with Crippen molar-refractivity contribution in [2.24, 2.45) is 0 Å². The molecule has 4 rings (SSSR count). The van der Waals surface area contributed by atoms with Crippen LogP contribution in [0.3, 0.4) is 0 Å². The molecule has 2 N–H and O–H groups in total. The third-order valence-corrected chi connectivity index (χ3v) is 5.51. The summed E-state index contributed by atoms with van der Waals surface area (Å²) in [6.07, 6.45) is 1.51. The number of nitrogens with one attached hydrogen (secondary N) is 1. The lowest BCUT2D eigenvalue weighted by molar-refractivity contribution is 0.0687. The van der Waals surface area contributed by atoms with Crippen LogP contribution in [0.2, 0.25) is 0 Å². The van der Waals surface area contributed by atoms with Crippen LogP contribution >= 0.6 is 0 Å². The highest BCUT2D eigenvalue weighted by molar-refractivity contribution is 6.08. The van der Waals surface area contributed by atoms with E-state index in [2.05, 4.69) is 25.8 Å². The Balaban J connectivity index is 2.11. The highest BCUT2D eigenvalue weighted by Crippen LogP contribution is 2.37. The summed E-state index contributed by atoms with van der Waals surface area (Å²) in [5.74, 6) is -1.59. The number of fused-ring (bicyclic) bond motifs is 1. The van der Waals surface area contributed by atoms with Gasteiger partial charge < -0.3 is 14.7 Å². The van der Waals surface area contributed by atoms with Crippen molar-refractivity contribution in [2.45, 2.75) is 32.7 Å². The quantitative estimate of drug-likeness (QED) is 0.480. The largest absolute Gasteiger partial charge is 0.477 e. The van der Waals surface area contributed by atoms with Gasteiger partial charge in [-0.25, -0.2) is 9.18 Å². The molecule has 0 spiro atoms. The van der Waals surface area contributed by atoms with Crippen molar-refractivity contribution < 1.29 is 14.3 Å². The van der Waals surface area contributed by atoms with E-state index >= 15 is 0 Å². The van der Waals surface area contributed by atoms with Gasteiger partial charge in [-0.2, -0.15) is 0 Å². The van der Waals surface area contributed by atoms with Gasteiger partial charge in [0.15, 0.2) is 0 Å². The fourth-order valence-corrected chi connectivity index (χ4v) is 3.90. The third kappa shape index (κ3) is 3.65. The van der Waals surface area contributed by atoms with Gasteiger partial charge in [0.25, 0.3) is 5.56 Å². The lowest BCUT2D eigenvalue weighted by Crippen LogP contribution is -2.14. The molecule has 4 aromatic rings. The lowest BCUT2D eigenvalue weighted by atomic mass is 9.86. The summed E-state index contributed by atoms with van der Waals surface area (Å²) < 4.78 is 16.0. The molecule has 0 radical (unpaired) electrons. The number of carboxylic acid groups (broad SMARTS) is 1. The second-order valence-electron chi connectivity index (χ2n) is 8.60. The molecule has 0 aliphatic rings. The minimum Gasteiger partial charge on any atom is -0.477 e. The van der Waals surface area contributed by atoms with Crippen LogP contribution in [-0.4, -0.2) is 20.6 Å². The molecule has 2 aromatic heterocycles. The topological polar surface area (TPSA) is 75.1 Å². The van der Waals surface area contributed by atoms with E-state index in [1.165, 1.54) is 12.3 Å². The Kier molecular flexibility index (Phi) is 5.01. The number of rotatable bonds is 4. The molecule has 0 bridgehead atoms. The molecule has 2 heterocycles. The molecule has 0 aliphatic heterocycles. The molecule has 0 atom stereocenters. The lowest BCUT2D eigenvalue weighted by Gasteiger charge is -2.19. The van der Waals surface area contributed by atoms with E-state index in [1.54, 1.807) is 34.9 Å². The van der Waals surface area contributed by atoms with Crippen LogP contribution in [0.15, 0.2) is 65.6 Å². The normalized spacial score (nSPS) is 11.7. The van der Waals surface area contributed by atoms with Crippen LogP contribution in [0.4, 0.5) is 4.39 Å². The predicted molar refractivity (Wildman–Crippen MR) is 119 cm³/mol. The van der Waals surface area contributed by atoms with Gasteiger partial charge in [-0.15, -0.1) is 0 Å². The molecule has 0 fully saturated rings. The summed E-state index contributed by atoms with van der Waals surface area (Å²) in [7, 11) is 0. The number of carboxylic acids is 1. The van der Waals surface area contributed by atoms with E-state index in [9.17, 15) is 19.1 Å². The van der Waals surface area contributed by atoms with E-state index in [-0.39, 0.29) is 28.8 Å². The highest BCUT2D eigenvalue weighted by atomic mass is 19.1. The Morgan fingerprint density at radius 2 is 1.84 bits per heavy atom. The van der Waals surface area contributed by atoms with Gasteiger partial charge in [0.05, 0.1) is 6.54 Å². The fourth-order valence-electron chi connectivity index (χ4n) is 3.90. The van der Waals surface area contributed by atoms with Crippen LogP contribution in [0.25, 0.3) is 22.0 Å². The van der Waals surface area contributed by atoms with Gasteiger partial charge in [0, 0.05) is 33.8 Å². The molecule has 0 aliphatic carbocycles. The monoisotopic (exact) mass is 418 g/mol. The van der Waals surface area contributed by atoms with Gasteiger partial charge in [-0.05, 0) is 41.3 Å². The zero-order valence-electron chi connectivity index (χ0n) is 17.6. The van der Waals surface area contributed by atoms with Crippen LogP contribution in [0.5, 0.6) is 0 Å². The number of hydrogen-bond donors (Lipinski definition) is 2. The Morgan fingerprint density at radius 1 is 1.10 bits per heavy atom. The van der Waals surface area contributed by atoms with Gasteiger partial charge in [0.1, 0.15) is 11.5 Å². The smallest absolute Gasteiger partial charge is 0.353 e. The van der Waals surface area contributed by atoms with Crippen molar-refractivity contribution >= 4 is 16.9 Å². The number of aromatic nitrogens is 2. The number of nitrogens with zero attached hydrogens (tertiary/aromatic N) is 1. The number of carbonyl (C=O) groups is 1. The number of hydrogen-bond acceptors (Lipinski definition) is 2. The summed E-state index contributed by atoms with van der Waals surface area (Å²) in [5, 5.41) is 10.8. The Labute approximate surface area is 178 Å². The SMILES string of the molecule is CC(C)(C)c1ccc2c(c1)c(-c1ccc[nH]c1=O)c(C(=O)O)n2Cc1ccccc1F. The van der Waals surface area contributed by atoms with Gasteiger partial charge in [0.2, 0.25) is 0 Å². The molecule has 0 saturated carbocycles. The van der Waals surface area contributed by atoms with E-state index < -0.39 is 11.8 Å². The minimum atomic E-state index is -1.18. The summed E-state index contributed by atoms with van der Waals surface area (Å²) in [6.45, 7) is 6.23. The van der Waals surface area contributed by atoms with E-state index in [0.29, 0.717) is 22.0 Å². The van der Waals surface area contributed by atoms with Crippen molar-refractivity contribution in [1.29, 1.82) is 0 Å². The second kappa shape index (κ2) is 7.54. The van der Waals surface area contributed by atoms with Crippen molar-refractivity contribution in [3.05, 3.63) is 93.8 Å². The average molecular weight is 418 g/mol. The van der Waals surface area contributed by atoms with Crippen molar-refractivity contribution in [1.82, 2.24) is 9.55 Å². The highest BCUT2D eigenvalue weighted by Gasteiger charge is 2.27. The third-order valence-electron chi connectivity index (χ3n) is 5.51. The Bertz CT molecular complexity index is 1360. The van der Waals surface area contributed by atoms with Gasteiger partial charge in [-0.1, -0.05) is 45.0 Å². The molecule has 6 heteroatoms. The van der Waals surface area contributed by atoms with Crippen LogP contribution < -0.4 is 5.56 Å². The van der Waals surface area contributed by atoms with Crippen LogP contribution in [-0.2, 0) is 12.0 Å². The maximum atomic E-state index is 14.4. The second-order valence-corrected chi connectivity index (χ2v) is 8.60. The maximum absolute atomic E-state index is 14.4. The average Bonchev–Trinajstić information content (AvgIpc) is 3.03. The molecular formula is C25H23FN2O3. The van der Waals surface area contributed by atoms with E-state index in [4.69, 9.17) is 0 Å². The summed E-state index contributed by atoms with van der Waals surface area (Å²) in [5.41, 5.74) is 2.02. The standard InChI is InChI=1S/C25H23FN2O3/c1-25(2,3)16-10-11-20-18(13-16)21(17-8-6-12-27-23(17)29)22(24(30)31)28(20)14-15-7-4-5-9-19(15)26/h4-13H,14H2,1-3H3,(H,27,29)(H,30,31). The molecule has 0 amide bonds. The number of benzene rings is 2. The predicted octanol–water partition coefficient (Wildman–Crippen LogP) is 5.18. The first-order valence-electron chi connectivity index (χ1n) is 10.00. The summed E-state index contributed by atoms with van der Waals surface area (Å²) in [6, 6.07) is 15.3. The zero-order chi connectivity index (χ0) is 22.3. The number of aromatic carboxylic acids is 1. The molecular weight excluding hydrogens is 395 g/mol. The van der Waals surface area contributed by atoms with Gasteiger partial charge in [-0.3, -0.25) is 4.79 Å². The maximum Gasteiger partial charge on any atom is 0.353 e. The molecule has 31 heavy (non-hydrogen) atoms. The minimum absolute atomic E-state index is 0.0322. The first-order valence-corrected chi connectivity index (χ1v) is 10.00. The zero-order valence-corrected chi connectivity index (χ0v) is 17.6. The van der Waals surface area contributed by atoms with Crippen molar-refractivity contribution in [2.75, 3.05) is 0 Å².